The van der Waals surface area contributed by atoms with Crippen molar-refractivity contribution < 1.29 is 19.7 Å². The summed E-state index contributed by atoms with van der Waals surface area (Å²) in [6.45, 7) is 0.956. The molecular formula is C18H21NO4. The van der Waals surface area contributed by atoms with Gasteiger partial charge in [0.05, 0.1) is 5.41 Å². The molecule has 2 heterocycles. The molecule has 5 rings (SSSR count). The Morgan fingerprint density at radius 3 is 3.09 bits per heavy atom. The molecule has 1 unspecified atom stereocenters. The van der Waals surface area contributed by atoms with E-state index >= 15 is 0 Å². The van der Waals surface area contributed by atoms with Gasteiger partial charge >= 0.3 is 0 Å². The summed E-state index contributed by atoms with van der Waals surface area (Å²) in [7, 11) is 3.67. The molecule has 5 heteroatoms. The molecule has 2 fully saturated rings. The van der Waals surface area contributed by atoms with Crippen molar-refractivity contribution in [1.29, 1.82) is 0 Å². The Kier molecular flexibility index (Phi) is 2.48. The third-order valence-corrected chi connectivity index (χ3v) is 6.58. The molecule has 2 aliphatic heterocycles. The molecule has 1 spiro atoms. The molecule has 2 N–H and O–H groups in total. The summed E-state index contributed by atoms with van der Waals surface area (Å²) in [6, 6.07) is 0.388. The van der Waals surface area contributed by atoms with Crippen LogP contribution in [0.1, 0.15) is 19.3 Å². The lowest BCUT2D eigenvalue weighted by Crippen LogP contribution is -2.60. The molecule has 122 valence electrons. The van der Waals surface area contributed by atoms with Crippen LogP contribution in [0.25, 0.3) is 0 Å². The number of rotatable bonds is 1. The van der Waals surface area contributed by atoms with E-state index in [1.54, 1.807) is 0 Å². The number of ether oxygens (including phenoxy) is 2. The van der Waals surface area contributed by atoms with Gasteiger partial charge in [0.2, 0.25) is 5.79 Å². The van der Waals surface area contributed by atoms with E-state index < -0.39 is 11.9 Å². The van der Waals surface area contributed by atoms with Crippen molar-refractivity contribution in [3.05, 3.63) is 40.5 Å². The SMILES string of the molecule is COC1(O)CC=C2C[C@@H]3[C@@H]4C=C=C(O)[C@@H]5OC1=C2[C@@]54CCN3C. The molecule has 23 heavy (non-hydrogen) atoms. The summed E-state index contributed by atoms with van der Waals surface area (Å²) >= 11 is 0. The molecule has 0 amide bonds. The maximum atomic E-state index is 10.9. The van der Waals surface area contributed by atoms with E-state index in [1.165, 1.54) is 12.7 Å². The van der Waals surface area contributed by atoms with Crippen LogP contribution in [0, 0.1) is 11.3 Å². The van der Waals surface area contributed by atoms with Gasteiger partial charge in [0, 0.05) is 31.1 Å². The molecule has 1 saturated carbocycles. The zero-order valence-corrected chi connectivity index (χ0v) is 13.4. The van der Waals surface area contributed by atoms with Crippen molar-refractivity contribution in [2.75, 3.05) is 20.7 Å². The van der Waals surface area contributed by atoms with Gasteiger partial charge in [0.15, 0.2) is 17.6 Å². The second-order valence-corrected chi connectivity index (χ2v) is 7.39. The average molecular weight is 315 g/mol. The lowest BCUT2D eigenvalue weighted by atomic mass is 9.52. The Morgan fingerprint density at radius 2 is 2.30 bits per heavy atom. The first-order valence-electron chi connectivity index (χ1n) is 8.26. The van der Waals surface area contributed by atoms with Crippen LogP contribution < -0.4 is 0 Å². The number of aliphatic hydroxyl groups is 2. The third-order valence-electron chi connectivity index (χ3n) is 6.58. The highest BCUT2D eigenvalue weighted by Crippen LogP contribution is 2.65. The lowest BCUT2D eigenvalue weighted by molar-refractivity contribution is -0.184. The van der Waals surface area contributed by atoms with Crippen molar-refractivity contribution in [1.82, 2.24) is 4.90 Å². The maximum absolute atomic E-state index is 10.9. The van der Waals surface area contributed by atoms with Gasteiger partial charge in [0.25, 0.3) is 0 Å². The van der Waals surface area contributed by atoms with Gasteiger partial charge in [-0.15, -0.1) is 0 Å². The summed E-state index contributed by atoms with van der Waals surface area (Å²) in [5.41, 5.74) is 5.04. The fourth-order valence-corrected chi connectivity index (χ4v) is 5.40. The molecule has 2 bridgehead atoms. The lowest BCUT2D eigenvalue weighted by Gasteiger charge is -2.56. The van der Waals surface area contributed by atoms with E-state index in [4.69, 9.17) is 9.47 Å². The average Bonchev–Trinajstić information content (AvgIpc) is 2.91. The number of methoxy groups -OCH3 is 1. The van der Waals surface area contributed by atoms with E-state index in [2.05, 4.69) is 23.8 Å². The minimum atomic E-state index is -1.42. The Balaban J connectivity index is 1.78. The van der Waals surface area contributed by atoms with E-state index in [-0.39, 0.29) is 17.1 Å². The Hall–Kier alpha value is -1.52. The van der Waals surface area contributed by atoms with E-state index in [1.807, 2.05) is 6.08 Å². The number of likely N-dealkylation sites (tertiary alicyclic amines) is 1. The normalized spacial score (nSPS) is 47.0. The predicted octanol–water partition coefficient (Wildman–Crippen LogP) is 1.63. The topological polar surface area (TPSA) is 62.2 Å². The number of aliphatic hydroxyl groups excluding tert-OH is 1. The Bertz CT molecular complexity index is 731. The molecule has 0 aromatic heterocycles. The van der Waals surface area contributed by atoms with Crippen molar-refractivity contribution in [3.8, 4) is 0 Å². The van der Waals surface area contributed by atoms with Crippen molar-refractivity contribution in [2.24, 2.45) is 11.3 Å². The highest BCUT2D eigenvalue weighted by atomic mass is 16.6. The fourth-order valence-electron chi connectivity index (χ4n) is 5.40. The molecule has 0 aromatic rings. The Morgan fingerprint density at radius 1 is 1.48 bits per heavy atom. The summed E-state index contributed by atoms with van der Waals surface area (Å²) in [5, 5.41) is 21.3. The first-order valence-corrected chi connectivity index (χ1v) is 8.26. The van der Waals surface area contributed by atoms with Crippen molar-refractivity contribution >= 4 is 0 Å². The zero-order chi connectivity index (χ0) is 16.0. The van der Waals surface area contributed by atoms with Crippen LogP contribution in [-0.4, -0.2) is 53.7 Å². The van der Waals surface area contributed by atoms with E-state index in [0.29, 0.717) is 18.2 Å². The number of hydrogen-bond donors (Lipinski definition) is 2. The molecule has 5 atom stereocenters. The molecule has 0 aromatic carbocycles. The van der Waals surface area contributed by atoms with Crippen molar-refractivity contribution in [2.45, 2.75) is 37.2 Å². The largest absolute Gasteiger partial charge is 0.501 e. The van der Waals surface area contributed by atoms with Gasteiger partial charge in [0.1, 0.15) is 0 Å². The second kappa shape index (κ2) is 4.11. The second-order valence-electron chi connectivity index (χ2n) is 7.39. The predicted molar refractivity (Wildman–Crippen MR) is 82.4 cm³/mol. The van der Waals surface area contributed by atoms with Gasteiger partial charge in [-0.1, -0.05) is 11.8 Å². The van der Waals surface area contributed by atoms with Gasteiger partial charge in [-0.25, -0.2) is 0 Å². The van der Waals surface area contributed by atoms with Gasteiger partial charge in [-0.3, -0.25) is 0 Å². The van der Waals surface area contributed by atoms with Crippen LogP contribution in [0.2, 0.25) is 0 Å². The Labute approximate surface area is 135 Å². The minimum absolute atomic E-state index is 0.138. The van der Waals surface area contributed by atoms with Crippen LogP contribution in [0.3, 0.4) is 0 Å². The summed E-state index contributed by atoms with van der Waals surface area (Å²) in [4.78, 5) is 2.40. The first kappa shape index (κ1) is 13.9. The van der Waals surface area contributed by atoms with Crippen LogP contribution >= 0.6 is 0 Å². The quantitative estimate of drug-likeness (QED) is 0.569. The first-order chi connectivity index (χ1) is 11.0. The standard InChI is InChI=1S/C18H21NO4/c1-19-8-7-17-11-3-4-13(20)15(17)23-16-14(17)10(9-12(11)19)5-6-18(16,21)22-2/h3,5,11-12,15,20-21H,6-9H2,1-2H3/t11-,12+,15-,17-,18?/m0/s1. The molecule has 0 radical (unpaired) electrons. The molecular weight excluding hydrogens is 294 g/mol. The fraction of sp³-hybridized carbons (Fsp3) is 0.611. The zero-order valence-electron chi connectivity index (χ0n) is 13.4. The highest BCUT2D eigenvalue weighted by Gasteiger charge is 2.67. The number of piperidine rings is 1. The van der Waals surface area contributed by atoms with E-state index in [9.17, 15) is 10.2 Å². The van der Waals surface area contributed by atoms with E-state index in [0.717, 1.165) is 25.0 Å². The molecule has 5 aliphatic rings. The van der Waals surface area contributed by atoms with Crippen molar-refractivity contribution in [3.63, 3.8) is 0 Å². The molecule has 5 nitrogen and oxygen atoms in total. The highest BCUT2D eigenvalue weighted by molar-refractivity contribution is 5.55. The van der Waals surface area contributed by atoms with Crippen LogP contribution in [0.15, 0.2) is 40.5 Å². The van der Waals surface area contributed by atoms with Crippen LogP contribution in [-0.2, 0) is 9.47 Å². The maximum Gasteiger partial charge on any atom is 0.228 e. The smallest absolute Gasteiger partial charge is 0.228 e. The van der Waals surface area contributed by atoms with Crippen LogP contribution in [0.4, 0.5) is 0 Å². The third kappa shape index (κ3) is 1.41. The van der Waals surface area contributed by atoms with Gasteiger partial charge < -0.3 is 24.6 Å². The number of hydrogen-bond acceptors (Lipinski definition) is 5. The van der Waals surface area contributed by atoms with Gasteiger partial charge in [-0.2, -0.15) is 0 Å². The van der Waals surface area contributed by atoms with Crippen LogP contribution in [0.5, 0.6) is 0 Å². The molecule has 1 saturated heterocycles. The summed E-state index contributed by atoms with van der Waals surface area (Å²) in [5.74, 6) is -0.532. The summed E-state index contributed by atoms with van der Waals surface area (Å²) < 4.78 is 11.5. The molecule has 3 aliphatic carbocycles. The summed E-state index contributed by atoms with van der Waals surface area (Å²) in [6.07, 6.45) is 5.88. The monoisotopic (exact) mass is 315 g/mol. The minimum Gasteiger partial charge on any atom is -0.501 e. The number of nitrogens with zero attached hydrogens (tertiary/aromatic N) is 1. The van der Waals surface area contributed by atoms with Gasteiger partial charge in [-0.05, 0) is 38.1 Å².